The van der Waals surface area contributed by atoms with Gasteiger partial charge in [-0.3, -0.25) is 4.79 Å². The highest BCUT2D eigenvalue weighted by atomic mass is 19.1. The largest absolute Gasteiger partial charge is 0.326 e. The number of anilines is 1. The molecule has 1 aromatic carbocycles. The number of halogens is 1. The van der Waals surface area contributed by atoms with Gasteiger partial charge in [-0.2, -0.15) is 5.10 Å². The van der Waals surface area contributed by atoms with E-state index in [2.05, 4.69) is 20.7 Å². The molecule has 0 radical (unpaired) electrons. The lowest BCUT2D eigenvalue weighted by atomic mass is 10.0. The number of nitrogens with one attached hydrogen (secondary N) is 2. The molecule has 0 spiro atoms. The van der Waals surface area contributed by atoms with Crippen LogP contribution in [-0.4, -0.2) is 33.3 Å². The number of benzene rings is 1. The summed E-state index contributed by atoms with van der Waals surface area (Å²) in [6.07, 6.45) is 3.55. The zero-order valence-corrected chi connectivity index (χ0v) is 11.6. The number of carbonyl (C=O) groups excluding carboxylic acids is 1. The second kappa shape index (κ2) is 5.61. The maximum atomic E-state index is 14.1. The summed E-state index contributed by atoms with van der Waals surface area (Å²) in [4.78, 5) is 15.9. The minimum atomic E-state index is -0.462. The first-order valence-electron chi connectivity index (χ1n) is 6.84. The molecule has 2 heterocycles. The van der Waals surface area contributed by atoms with E-state index in [-0.39, 0.29) is 17.9 Å². The van der Waals surface area contributed by atoms with E-state index >= 15 is 0 Å². The van der Waals surface area contributed by atoms with Crippen molar-refractivity contribution in [3.05, 3.63) is 36.7 Å². The molecule has 21 heavy (non-hydrogen) atoms. The van der Waals surface area contributed by atoms with Gasteiger partial charge in [0.2, 0.25) is 5.91 Å². The summed E-state index contributed by atoms with van der Waals surface area (Å²) in [5, 5.41) is 9.87. The van der Waals surface area contributed by atoms with Crippen molar-refractivity contribution in [2.75, 3.05) is 11.9 Å². The van der Waals surface area contributed by atoms with E-state index in [1.165, 1.54) is 23.4 Å². The van der Waals surface area contributed by atoms with Crippen LogP contribution in [0.3, 0.4) is 0 Å². The Morgan fingerprint density at radius 2 is 2.38 bits per heavy atom. The first kappa shape index (κ1) is 13.7. The van der Waals surface area contributed by atoms with Crippen LogP contribution in [-0.2, 0) is 4.79 Å². The number of nitrogens with zero attached hydrogens (tertiary/aromatic N) is 3. The molecule has 1 aliphatic heterocycles. The van der Waals surface area contributed by atoms with Gasteiger partial charge in [0.25, 0.3) is 0 Å². The Bertz CT molecular complexity index is 643. The summed E-state index contributed by atoms with van der Waals surface area (Å²) in [6, 6.07) is 4.66. The average molecular weight is 289 g/mol. The SMILES string of the molecule is CC1NCCC1C(=O)Nc1ccc(-n2cncn2)c(F)c1. The number of amides is 1. The summed E-state index contributed by atoms with van der Waals surface area (Å²) >= 11 is 0. The molecule has 1 amide bonds. The number of rotatable bonds is 3. The Morgan fingerprint density at radius 3 is 3.00 bits per heavy atom. The van der Waals surface area contributed by atoms with Crippen LogP contribution >= 0.6 is 0 Å². The lowest BCUT2D eigenvalue weighted by Crippen LogP contribution is -2.32. The molecule has 2 N–H and O–H groups in total. The molecule has 2 aromatic rings. The molecule has 2 unspecified atom stereocenters. The van der Waals surface area contributed by atoms with Gasteiger partial charge in [0, 0.05) is 11.7 Å². The van der Waals surface area contributed by atoms with E-state index in [0.29, 0.717) is 11.4 Å². The normalized spacial score (nSPS) is 21.4. The zero-order valence-electron chi connectivity index (χ0n) is 11.6. The van der Waals surface area contributed by atoms with E-state index < -0.39 is 5.82 Å². The number of carbonyl (C=O) groups is 1. The lowest BCUT2D eigenvalue weighted by Gasteiger charge is -2.15. The maximum absolute atomic E-state index is 14.1. The van der Waals surface area contributed by atoms with Crippen LogP contribution < -0.4 is 10.6 Å². The standard InChI is InChI=1S/C14H16FN5O/c1-9-11(4-5-17-9)14(21)19-10-2-3-13(12(15)6-10)20-8-16-7-18-20/h2-3,6-9,11,17H,4-5H2,1H3,(H,19,21). The number of hydrogen-bond donors (Lipinski definition) is 2. The fraction of sp³-hybridized carbons (Fsp3) is 0.357. The molecule has 1 fully saturated rings. The van der Waals surface area contributed by atoms with Gasteiger partial charge in [-0.15, -0.1) is 0 Å². The Hall–Kier alpha value is -2.28. The fourth-order valence-electron chi connectivity index (χ4n) is 2.55. The van der Waals surface area contributed by atoms with Crippen molar-refractivity contribution in [3.63, 3.8) is 0 Å². The third-order valence-corrected chi connectivity index (χ3v) is 3.74. The molecule has 3 rings (SSSR count). The third kappa shape index (κ3) is 2.78. The molecule has 0 bridgehead atoms. The van der Waals surface area contributed by atoms with E-state index in [4.69, 9.17) is 0 Å². The van der Waals surface area contributed by atoms with Crippen molar-refractivity contribution in [2.24, 2.45) is 5.92 Å². The van der Waals surface area contributed by atoms with Crippen molar-refractivity contribution >= 4 is 11.6 Å². The predicted octanol–water partition coefficient (Wildman–Crippen LogP) is 1.34. The van der Waals surface area contributed by atoms with Gasteiger partial charge in [-0.25, -0.2) is 14.1 Å². The summed E-state index contributed by atoms with van der Waals surface area (Å²) in [5.74, 6) is -0.626. The van der Waals surface area contributed by atoms with Gasteiger partial charge in [0.15, 0.2) is 5.82 Å². The molecule has 0 saturated carbocycles. The maximum Gasteiger partial charge on any atom is 0.229 e. The van der Waals surface area contributed by atoms with Gasteiger partial charge >= 0.3 is 0 Å². The van der Waals surface area contributed by atoms with E-state index in [1.54, 1.807) is 12.1 Å². The van der Waals surface area contributed by atoms with Crippen molar-refractivity contribution in [2.45, 2.75) is 19.4 Å². The molecule has 0 aliphatic carbocycles. The minimum Gasteiger partial charge on any atom is -0.326 e. The van der Waals surface area contributed by atoms with Crippen LogP contribution in [0, 0.1) is 11.7 Å². The van der Waals surface area contributed by atoms with E-state index in [1.807, 2.05) is 6.92 Å². The van der Waals surface area contributed by atoms with Crippen LogP contribution in [0.15, 0.2) is 30.9 Å². The first-order chi connectivity index (χ1) is 10.1. The van der Waals surface area contributed by atoms with Crippen LogP contribution in [0.4, 0.5) is 10.1 Å². The van der Waals surface area contributed by atoms with Crippen molar-refractivity contribution in [1.29, 1.82) is 0 Å². The summed E-state index contributed by atoms with van der Waals surface area (Å²) in [7, 11) is 0. The summed E-state index contributed by atoms with van der Waals surface area (Å²) < 4.78 is 15.4. The molecule has 2 atom stereocenters. The highest BCUT2D eigenvalue weighted by molar-refractivity contribution is 5.93. The minimum absolute atomic E-state index is 0.0805. The van der Waals surface area contributed by atoms with E-state index in [9.17, 15) is 9.18 Å². The average Bonchev–Trinajstić information content (AvgIpc) is 3.10. The Balaban J connectivity index is 1.75. The fourth-order valence-corrected chi connectivity index (χ4v) is 2.55. The second-order valence-corrected chi connectivity index (χ2v) is 5.13. The lowest BCUT2D eigenvalue weighted by molar-refractivity contribution is -0.119. The van der Waals surface area contributed by atoms with Gasteiger partial charge in [0.05, 0.1) is 5.92 Å². The van der Waals surface area contributed by atoms with Crippen molar-refractivity contribution in [1.82, 2.24) is 20.1 Å². The second-order valence-electron chi connectivity index (χ2n) is 5.13. The van der Waals surface area contributed by atoms with Crippen molar-refractivity contribution in [3.8, 4) is 5.69 Å². The molecular weight excluding hydrogens is 273 g/mol. The smallest absolute Gasteiger partial charge is 0.229 e. The zero-order chi connectivity index (χ0) is 14.8. The summed E-state index contributed by atoms with van der Waals surface area (Å²) in [5.41, 5.74) is 0.738. The summed E-state index contributed by atoms with van der Waals surface area (Å²) in [6.45, 7) is 2.81. The predicted molar refractivity (Wildman–Crippen MR) is 75.5 cm³/mol. The Kier molecular flexibility index (Phi) is 3.66. The molecule has 6 nitrogen and oxygen atoms in total. The van der Waals surface area contributed by atoms with Crippen LogP contribution in [0.1, 0.15) is 13.3 Å². The van der Waals surface area contributed by atoms with Crippen molar-refractivity contribution < 1.29 is 9.18 Å². The van der Waals surface area contributed by atoms with Gasteiger partial charge < -0.3 is 10.6 Å². The van der Waals surface area contributed by atoms with Gasteiger partial charge in [0.1, 0.15) is 18.3 Å². The topological polar surface area (TPSA) is 71.8 Å². The van der Waals surface area contributed by atoms with Crippen LogP contribution in [0.25, 0.3) is 5.69 Å². The molecular formula is C14H16FN5O. The third-order valence-electron chi connectivity index (χ3n) is 3.74. The van der Waals surface area contributed by atoms with E-state index in [0.717, 1.165) is 13.0 Å². The monoisotopic (exact) mass is 289 g/mol. The number of aromatic nitrogens is 3. The Morgan fingerprint density at radius 1 is 1.52 bits per heavy atom. The first-order valence-corrected chi connectivity index (χ1v) is 6.84. The number of hydrogen-bond acceptors (Lipinski definition) is 4. The van der Waals surface area contributed by atoms with Gasteiger partial charge in [-0.1, -0.05) is 0 Å². The quantitative estimate of drug-likeness (QED) is 0.894. The molecule has 110 valence electrons. The van der Waals surface area contributed by atoms with Crippen LogP contribution in [0.2, 0.25) is 0 Å². The highest BCUT2D eigenvalue weighted by Gasteiger charge is 2.29. The van der Waals surface area contributed by atoms with Gasteiger partial charge in [-0.05, 0) is 38.1 Å². The molecule has 1 aliphatic rings. The van der Waals surface area contributed by atoms with Crippen LogP contribution in [0.5, 0.6) is 0 Å². The highest BCUT2D eigenvalue weighted by Crippen LogP contribution is 2.21. The molecule has 7 heteroatoms. The molecule has 1 saturated heterocycles. The Labute approximate surface area is 121 Å². The molecule has 1 aromatic heterocycles.